The molecule has 1 aromatic rings. The van der Waals surface area contributed by atoms with E-state index in [0.29, 0.717) is 11.7 Å². The van der Waals surface area contributed by atoms with Crippen LogP contribution in [0.15, 0.2) is 6.20 Å². The zero-order valence-electron chi connectivity index (χ0n) is 11.7. The minimum Gasteiger partial charge on any atom is -0.403 e. The monoisotopic (exact) mass is 265 g/mol. The number of aromatic nitrogens is 1. The van der Waals surface area contributed by atoms with Gasteiger partial charge in [0.05, 0.1) is 16.2 Å². The molecule has 2 heterocycles. The number of nitrogens with zero attached hydrogens (tertiary/aromatic N) is 1. The van der Waals surface area contributed by atoms with Crippen LogP contribution in [0.1, 0.15) is 49.9 Å². The maximum Gasteiger partial charge on any atom is 0.461 e. The fourth-order valence-corrected chi connectivity index (χ4v) is 3.43. The number of thiazole rings is 1. The second-order valence-corrected chi connectivity index (χ2v) is 7.68. The van der Waals surface area contributed by atoms with Gasteiger partial charge >= 0.3 is 7.12 Å². The Labute approximate surface area is 113 Å². The van der Waals surface area contributed by atoms with E-state index in [1.165, 1.54) is 11.3 Å². The Balaban J connectivity index is 1.70. The summed E-state index contributed by atoms with van der Waals surface area (Å²) < 4.78 is 12.2. The Morgan fingerprint density at radius 1 is 1.28 bits per heavy atom. The Morgan fingerprint density at radius 3 is 2.39 bits per heavy atom. The van der Waals surface area contributed by atoms with E-state index in [9.17, 15) is 0 Å². The summed E-state index contributed by atoms with van der Waals surface area (Å²) in [6.07, 6.45) is 3.17. The van der Waals surface area contributed by atoms with Crippen LogP contribution in [0.25, 0.3) is 0 Å². The van der Waals surface area contributed by atoms with Crippen LogP contribution in [0, 0.1) is 6.92 Å². The van der Waals surface area contributed by atoms with Crippen molar-refractivity contribution < 1.29 is 9.31 Å². The van der Waals surface area contributed by atoms with Crippen LogP contribution < -0.4 is 0 Å². The SMILES string of the molecule is Cc1ncc(C2CC2B2OC(C)(C)C(C)(C)O2)s1. The minimum absolute atomic E-state index is 0.0533. The molecule has 98 valence electrons. The van der Waals surface area contributed by atoms with Crippen molar-refractivity contribution in [3.8, 4) is 0 Å². The molecule has 2 fully saturated rings. The first-order valence-corrected chi connectivity index (χ1v) is 7.40. The summed E-state index contributed by atoms with van der Waals surface area (Å²) in [5.74, 6) is 1.09. The second kappa shape index (κ2) is 3.81. The highest BCUT2D eigenvalue weighted by atomic mass is 32.1. The molecule has 1 saturated heterocycles. The third-order valence-corrected chi connectivity index (χ3v) is 5.51. The van der Waals surface area contributed by atoms with E-state index < -0.39 is 0 Å². The fraction of sp³-hybridized carbons (Fsp3) is 0.769. The van der Waals surface area contributed by atoms with Gasteiger partial charge in [0.1, 0.15) is 0 Å². The highest BCUT2D eigenvalue weighted by Crippen LogP contribution is 2.59. The molecule has 0 N–H and O–H groups in total. The lowest BCUT2D eigenvalue weighted by Gasteiger charge is -2.32. The Bertz CT molecular complexity index is 455. The van der Waals surface area contributed by atoms with Crippen molar-refractivity contribution in [1.82, 2.24) is 4.98 Å². The first-order valence-electron chi connectivity index (χ1n) is 6.58. The van der Waals surface area contributed by atoms with Gasteiger partial charge in [0, 0.05) is 16.9 Å². The van der Waals surface area contributed by atoms with Gasteiger partial charge in [-0.25, -0.2) is 4.98 Å². The third kappa shape index (κ3) is 1.93. The largest absolute Gasteiger partial charge is 0.461 e. The van der Waals surface area contributed by atoms with E-state index in [1.54, 1.807) is 11.3 Å². The van der Waals surface area contributed by atoms with Crippen molar-refractivity contribution in [2.24, 2.45) is 0 Å². The summed E-state index contributed by atoms with van der Waals surface area (Å²) >= 11 is 1.80. The van der Waals surface area contributed by atoms with Crippen LogP contribution in [0.5, 0.6) is 0 Å². The van der Waals surface area contributed by atoms with Crippen LogP contribution in [0.3, 0.4) is 0 Å². The van der Waals surface area contributed by atoms with Gasteiger partial charge in [-0.15, -0.1) is 11.3 Å². The van der Waals surface area contributed by atoms with Crippen molar-refractivity contribution in [1.29, 1.82) is 0 Å². The van der Waals surface area contributed by atoms with Crippen molar-refractivity contribution in [3.63, 3.8) is 0 Å². The molecule has 18 heavy (non-hydrogen) atoms. The van der Waals surface area contributed by atoms with Crippen molar-refractivity contribution in [2.75, 3.05) is 0 Å². The zero-order chi connectivity index (χ0) is 13.1. The smallest absolute Gasteiger partial charge is 0.403 e. The molecule has 1 aliphatic heterocycles. The topological polar surface area (TPSA) is 31.4 Å². The molecule has 2 atom stereocenters. The van der Waals surface area contributed by atoms with Crippen molar-refractivity contribution >= 4 is 18.5 Å². The molecule has 0 bridgehead atoms. The number of rotatable bonds is 2. The lowest BCUT2D eigenvalue weighted by molar-refractivity contribution is 0.00578. The average Bonchev–Trinajstić information content (AvgIpc) is 2.87. The molecule has 2 aliphatic rings. The minimum atomic E-state index is -0.214. The van der Waals surface area contributed by atoms with Gasteiger partial charge in [0.2, 0.25) is 0 Å². The molecule has 3 rings (SSSR count). The molecule has 5 heteroatoms. The second-order valence-electron chi connectivity index (χ2n) is 6.41. The summed E-state index contributed by atoms with van der Waals surface area (Å²) in [6, 6.07) is 0. The Kier molecular flexibility index (Phi) is 2.67. The van der Waals surface area contributed by atoms with Gasteiger partial charge < -0.3 is 9.31 Å². The molecule has 1 aliphatic carbocycles. The van der Waals surface area contributed by atoms with Gasteiger partial charge in [-0.1, -0.05) is 0 Å². The van der Waals surface area contributed by atoms with Crippen LogP contribution in [0.4, 0.5) is 0 Å². The normalized spacial score (nSPS) is 32.8. The summed E-state index contributed by atoms with van der Waals surface area (Å²) in [5.41, 5.74) is -0.428. The molecular formula is C13H20BNO2S. The van der Waals surface area contributed by atoms with Gasteiger partial charge in [0.25, 0.3) is 0 Å². The van der Waals surface area contributed by atoms with Gasteiger partial charge in [-0.2, -0.15) is 0 Å². The lowest BCUT2D eigenvalue weighted by atomic mass is 9.80. The lowest BCUT2D eigenvalue weighted by Crippen LogP contribution is -2.41. The molecule has 0 spiro atoms. The summed E-state index contributed by atoms with van der Waals surface area (Å²) in [5, 5.41) is 1.14. The molecular weight excluding hydrogens is 245 g/mol. The number of hydrogen-bond donors (Lipinski definition) is 0. The summed E-state index contributed by atoms with van der Waals surface area (Å²) in [7, 11) is -0.0533. The summed E-state index contributed by atoms with van der Waals surface area (Å²) in [6.45, 7) is 10.5. The number of aryl methyl sites for hydroxylation is 1. The molecule has 1 saturated carbocycles. The molecule has 0 aromatic carbocycles. The van der Waals surface area contributed by atoms with Gasteiger partial charge in [-0.05, 0) is 47.0 Å². The molecule has 0 amide bonds. The molecule has 2 unspecified atom stereocenters. The quantitative estimate of drug-likeness (QED) is 0.768. The highest BCUT2D eigenvalue weighted by molar-refractivity contribution is 7.11. The van der Waals surface area contributed by atoms with Crippen LogP contribution in [-0.2, 0) is 9.31 Å². The van der Waals surface area contributed by atoms with E-state index in [-0.39, 0.29) is 18.3 Å². The predicted molar refractivity (Wildman–Crippen MR) is 74.0 cm³/mol. The van der Waals surface area contributed by atoms with E-state index >= 15 is 0 Å². The van der Waals surface area contributed by atoms with Crippen LogP contribution >= 0.6 is 11.3 Å². The van der Waals surface area contributed by atoms with Crippen LogP contribution in [-0.4, -0.2) is 23.3 Å². The summed E-state index contributed by atoms with van der Waals surface area (Å²) in [4.78, 5) is 5.71. The first kappa shape index (κ1) is 12.6. The predicted octanol–water partition coefficient (Wildman–Crippen LogP) is 3.40. The fourth-order valence-electron chi connectivity index (χ4n) is 2.46. The average molecular weight is 265 g/mol. The molecule has 1 aromatic heterocycles. The molecule has 3 nitrogen and oxygen atoms in total. The van der Waals surface area contributed by atoms with Crippen LogP contribution in [0.2, 0.25) is 5.82 Å². The van der Waals surface area contributed by atoms with E-state index in [2.05, 4.69) is 39.6 Å². The standard InChI is InChI=1S/C13H20BNO2S/c1-8-15-7-11(18-8)9-6-10(9)14-16-12(2,3)13(4,5)17-14/h7,9-10H,6H2,1-5H3. The van der Waals surface area contributed by atoms with Gasteiger partial charge in [0.15, 0.2) is 0 Å². The van der Waals surface area contributed by atoms with Gasteiger partial charge in [-0.3, -0.25) is 0 Å². The Hall–Kier alpha value is -0.385. The number of hydrogen-bond acceptors (Lipinski definition) is 4. The highest BCUT2D eigenvalue weighted by Gasteiger charge is 2.60. The van der Waals surface area contributed by atoms with Crippen molar-refractivity contribution in [3.05, 3.63) is 16.1 Å². The first-order chi connectivity index (χ1) is 8.30. The zero-order valence-corrected chi connectivity index (χ0v) is 12.5. The maximum atomic E-state index is 6.11. The molecule has 0 radical (unpaired) electrons. The van der Waals surface area contributed by atoms with E-state index in [4.69, 9.17) is 9.31 Å². The Morgan fingerprint density at radius 2 is 1.89 bits per heavy atom. The van der Waals surface area contributed by atoms with Crippen molar-refractivity contribution in [2.45, 2.75) is 64.0 Å². The van der Waals surface area contributed by atoms with E-state index in [0.717, 1.165) is 5.01 Å². The third-order valence-electron chi connectivity index (χ3n) is 4.47. The van der Waals surface area contributed by atoms with E-state index in [1.807, 2.05) is 6.20 Å². The maximum absolute atomic E-state index is 6.11.